The molecule has 0 radical (unpaired) electrons. The van der Waals surface area contributed by atoms with Crippen LogP contribution in [-0.2, 0) is 10.2 Å². The van der Waals surface area contributed by atoms with Crippen molar-refractivity contribution >= 4 is 0 Å². The van der Waals surface area contributed by atoms with Gasteiger partial charge in [-0.25, -0.2) is 0 Å². The Morgan fingerprint density at radius 2 is 1.81 bits per heavy atom. The molecule has 0 atom stereocenters. The van der Waals surface area contributed by atoms with Gasteiger partial charge in [0.2, 0.25) is 11.7 Å². The Morgan fingerprint density at radius 3 is 2.59 bits per heavy atom. The van der Waals surface area contributed by atoms with Crippen LogP contribution in [0.2, 0.25) is 0 Å². The minimum atomic E-state index is -0.219. The van der Waals surface area contributed by atoms with Crippen molar-refractivity contribution in [2.45, 2.75) is 18.3 Å². The molecule has 0 spiro atoms. The zero-order valence-electron chi connectivity index (χ0n) is 15.4. The second-order valence-electron chi connectivity index (χ2n) is 6.83. The fraction of sp³-hybridized carbons (Fsp3) is 0.333. The number of aromatic nitrogens is 2. The molecule has 1 saturated heterocycles. The molecule has 0 unspecified atom stereocenters. The second-order valence-corrected chi connectivity index (χ2v) is 6.83. The summed E-state index contributed by atoms with van der Waals surface area (Å²) in [6.07, 6.45) is 1.83. The summed E-state index contributed by atoms with van der Waals surface area (Å²) >= 11 is 0. The van der Waals surface area contributed by atoms with Gasteiger partial charge in [-0.05, 0) is 50.2 Å². The van der Waals surface area contributed by atoms with Crippen molar-refractivity contribution in [3.05, 3.63) is 60.5 Å². The van der Waals surface area contributed by atoms with E-state index in [1.807, 2.05) is 54.6 Å². The van der Waals surface area contributed by atoms with Crippen molar-refractivity contribution in [2.24, 2.45) is 0 Å². The summed E-state index contributed by atoms with van der Waals surface area (Å²) in [5, 5.41) is 7.59. The van der Waals surface area contributed by atoms with Crippen LogP contribution >= 0.6 is 0 Å². The third kappa shape index (κ3) is 3.86. The molecule has 140 valence electrons. The highest BCUT2D eigenvalue weighted by atomic mass is 16.5. The smallest absolute Gasteiger partial charge is 0.235 e. The number of hydrogen-bond acceptors (Lipinski definition) is 6. The Morgan fingerprint density at radius 1 is 1.04 bits per heavy atom. The molecule has 4 rings (SSSR count). The fourth-order valence-electron chi connectivity index (χ4n) is 3.48. The van der Waals surface area contributed by atoms with Gasteiger partial charge in [0.1, 0.15) is 11.5 Å². The monoisotopic (exact) mass is 365 g/mol. The van der Waals surface area contributed by atoms with Gasteiger partial charge >= 0.3 is 0 Å². The molecule has 0 aliphatic carbocycles. The van der Waals surface area contributed by atoms with E-state index in [2.05, 4.69) is 10.5 Å². The first-order chi connectivity index (χ1) is 13.3. The van der Waals surface area contributed by atoms with E-state index in [-0.39, 0.29) is 5.41 Å². The minimum absolute atomic E-state index is 0.219. The molecule has 6 heteroatoms. The highest BCUT2D eigenvalue weighted by molar-refractivity contribution is 5.57. The number of methoxy groups -OCH3 is 1. The van der Waals surface area contributed by atoms with Crippen LogP contribution in [0.5, 0.6) is 11.5 Å². The van der Waals surface area contributed by atoms with Crippen molar-refractivity contribution in [1.29, 1.82) is 0 Å². The number of para-hydroxylation sites is 1. The number of nitrogens with zero attached hydrogens (tertiary/aromatic N) is 2. The normalized spacial score (nSPS) is 16.2. The third-order valence-corrected chi connectivity index (χ3v) is 4.93. The molecule has 1 fully saturated rings. The summed E-state index contributed by atoms with van der Waals surface area (Å²) in [7, 11) is 1.71. The minimum Gasteiger partial charge on any atom is -0.457 e. The number of ether oxygens (including phenoxy) is 2. The molecule has 1 aliphatic rings. The van der Waals surface area contributed by atoms with Gasteiger partial charge in [-0.15, -0.1) is 0 Å². The van der Waals surface area contributed by atoms with E-state index in [4.69, 9.17) is 19.0 Å². The van der Waals surface area contributed by atoms with E-state index in [9.17, 15) is 0 Å². The van der Waals surface area contributed by atoms with Gasteiger partial charge in [0.25, 0.3) is 0 Å². The molecule has 3 aromatic rings. The molecule has 0 saturated carbocycles. The summed E-state index contributed by atoms with van der Waals surface area (Å²) in [6.45, 7) is 2.41. The third-order valence-electron chi connectivity index (χ3n) is 4.93. The van der Waals surface area contributed by atoms with Gasteiger partial charge < -0.3 is 19.3 Å². The van der Waals surface area contributed by atoms with Crippen LogP contribution in [0.3, 0.4) is 0 Å². The maximum atomic E-state index is 5.91. The SMILES string of the molecule is COCC1(c2nc(-c3cccc(Oc4ccccc4)c3)no2)CCNCC1. The van der Waals surface area contributed by atoms with Crippen molar-refractivity contribution in [1.82, 2.24) is 15.5 Å². The summed E-state index contributed by atoms with van der Waals surface area (Å²) in [4.78, 5) is 4.70. The van der Waals surface area contributed by atoms with Crippen molar-refractivity contribution in [3.8, 4) is 22.9 Å². The molecule has 2 aromatic carbocycles. The molecule has 6 nitrogen and oxygen atoms in total. The average molecular weight is 365 g/mol. The lowest BCUT2D eigenvalue weighted by molar-refractivity contribution is 0.0850. The van der Waals surface area contributed by atoms with E-state index in [0.717, 1.165) is 43.0 Å². The summed E-state index contributed by atoms with van der Waals surface area (Å²) in [5.41, 5.74) is 0.642. The van der Waals surface area contributed by atoms with Crippen LogP contribution in [0.15, 0.2) is 59.1 Å². The number of piperidine rings is 1. The lowest BCUT2D eigenvalue weighted by atomic mass is 9.79. The summed E-state index contributed by atoms with van der Waals surface area (Å²) < 4.78 is 17.0. The highest BCUT2D eigenvalue weighted by Gasteiger charge is 2.39. The topological polar surface area (TPSA) is 69.4 Å². The predicted octanol–water partition coefficient (Wildman–Crippen LogP) is 3.80. The second kappa shape index (κ2) is 7.90. The quantitative estimate of drug-likeness (QED) is 0.717. The van der Waals surface area contributed by atoms with E-state index >= 15 is 0 Å². The Bertz CT molecular complexity index is 868. The first-order valence-electron chi connectivity index (χ1n) is 9.16. The fourth-order valence-corrected chi connectivity index (χ4v) is 3.48. The Labute approximate surface area is 158 Å². The maximum Gasteiger partial charge on any atom is 0.235 e. The van der Waals surface area contributed by atoms with Gasteiger partial charge in [0, 0.05) is 12.7 Å². The molecule has 27 heavy (non-hydrogen) atoms. The van der Waals surface area contributed by atoms with Gasteiger partial charge in [-0.2, -0.15) is 4.98 Å². The lowest BCUT2D eigenvalue weighted by Crippen LogP contribution is -2.43. The predicted molar refractivity (Wildman–Crippen MR) is 102 cm³/mol. The van der Waals surface area contributed by atoms with Crippen LogP contribution in [0.1, 0.15) is 18.7 Å². The molecule has 0 amide bonds. The van der Waals surface area contributed by atoms with Crippen molar-refractivity contribution < 1.29 is 14.0 Å². The number of rotatable bonds is 6. The Hall–Kier alpha value is -2.70. The molecule has 1 aromatic heterocycles. The molecule has 1 N–H and O–H groups in total. The molecule has 0 bridgehead atoms. The molecular formula is C21H23N3O3. The Kier molecular flexibility index (Phi) is 5.18. The molecule has 1 aliphatic heterocycles. The first kappa shape index (κ1) is 17.7. The van der Waals surface area contributed by atoms with Gasteiger partial charge in [0.15, 0.2) is 0 Å². The molecule has 2 heterocycles. The van der Waals surface area contributed by atoms with Gasteiger partial charge in [-0.3, -0.25) is 0 Å². The maximum absolute atomic E-state index is 5.91. The Balaban J connectivity index is 1.58. The standard InChI is InChI=1S/C21H23N3O3/c1-25-15-21(10-12-22-13-11-21)20-23-19(24-27-20)16-6-5-9-18(14-16)26-17-7-3-2-4-8-17/h2-9,14,22H,10-13,15H2,1H3. The van der Waals surface area contributed by atoms with E-state index in [0.29, 0.717) is 18.3 Å². The van der Waals surface area contributed by atoms with Gasteiger partial charge in [0.05, 0.1) is 12.0 Å². The largest absolute Gasteiger partial charge is 0.457 e. The zero-order chi connectivity index (χ0) is 18.5. The van der Waals surface area contributed by atoms with Crippen LogP contribution in [-0.4, -0.2) is 36.9 Å². The van der Waals surface area contributed by atoms with Crippen molar-refractivity contribution in [3.63, 3.8) is 0 Å². The zero-order valence-corrected chi connectivity index (χ0v) is 15.4. The number of benzene rings is 2. The van der Waals surface area contributed by atoms with E-state index in [1.54, 1.807) is 7.11 Å². The highest BCUT2D eigenvalue weighted by Crippen LogP contribution is 2.34. The van der Waals surface area contributed by atoms with E-state index < -0.39 is 0 Å². The first-order valence-corrected chi connectivity index (χ1v) is 9.16. The van der Waals surface area contributed by atoms with Crippen LogP contribution in [0.25, 0.3) is 11.4 Å². The average Bonchev–Trinajstić information content (AvgIpc) is 3.21. The van der Waals surface area contributed by atoms with Crippen LogP contribution < -0.4 is 10.1 Å². The molecular weight excluding hydrogens is 342 g/mol. The van der Waals surface area contributed by atoms with E-state index in [1.165, 1.54) is 0 Å². The summed E-state index contributed by atoms with van der Waals surface area (Å²) in [5.74, 6) is 2.74. The van der Waals surface area contributed by atoms with Crippen molar-refractivity contribution in [2.75, 3.05) is 26.8 Å². The summed E-state index contributed by atoms with van der Waals surface area (Å²) in [6, 6.07) is 17.4. The van der Waals surface area contributed by atoms with Crippen LogP contribution in [0.4, 0.5) is 0 Å². The lowest BCUT2D eigenvalue weighted by Gasteiger charge is -2.33. The van der Waals surface area contributed by atoms with Crippen LogP contribution in [0, 0.1) is 0 Å². The number of hydrogen-bond donors (Lipinski definition) is 1. The van der Waals surface area contributed by atoms with Gasteiger partial charge in [-0.1, -0.05) is 35.5 Å². The number of nitrogens with one attached hydrogen (secondary N) is 1.